The molecule has 1 heterocycles. The van der Waals surface area contributed by atoms with Crippen molar-refractivity contribution in [2.24, 2.45) is 0 Å². The third-order valence-electron chi connectivity index (χ3n) is 3.64. The molecule has 9 heteroatoms. The van der Waals surface area contributed by atoms with Gasteiger partial charge in [-0.25, -0.2) is 8.42 Å². The van der Waals surface area contributed by atoms with E-state index in [9.17, 15) is 23.3 Å². The number of nitrogens with zero attached hydrogens (tertiary/aromatic N) is 2. The summed E-state index contributed by atoms with van der Waals surface area (Å²) in [5.41, 5.74) is -0.218. The number of halogens is 1. The molecular weight excluding hydrogens is 332 g/mol. The summed E-state index contributed by atoms with van der Waals surface area (Å²) in [4.78, 5) is 24.2. The Kier molecular flexibility index (Phi) is 4.72. The lowest BCUT2D eigenvalue weighted by Gasteiger charge is -2.26. The summed E-state index contributed by atoms with van der Waals surface area (Å²) >= 11 is 5.73. The lowest BCUT2D eigenvalue weighted by Crippen LogP contribution is -2.41. The third kappa shape index (κ3) is 3.38. The Bertz CT molecular complexity index is 719. The summed E-state index contributed by atoms with van der Waals surface area (Å²) in [6.07, 6.45) is 0.387. The predicted molar refractivity (Wildman–Crippen MR) is 81.9 cm³/mol. The van der Waals surface area contributed by atoms with Gasteiger partial charge in [-0.15, -0.1) is 0 Å². The van der Waals surface area contributed by atoms with Crippen molar-refractivity contribution in [3.05, 3.63) is 38.9 Å². The molecule has 0 aliphatic carbocycles. The van der Waals surface area contributed by atoms with Crippen LogP contribution in [0.5, 0.6) is 0 Å². The van der Waals surface area contributed by atoms with Crippen LogP contribution in [-0.4, -0.2) is 48.2 Å². The highest BCUT2D eigenvalue weighted by Crippen LogP contribution is 2.27. The first-order valence-corrected chi connectivity index (χ1v) is 8.90. The SMILES string of the molecule is CCN(C(=O)c1ccc(Cl)c([N+](=O)[O-])c1)C1CCS(=O)(=O)C1. The molecule has 1 saturated heterocycles. The van der Waals surface area contributed by atoms with Crippen molar-refractivity contribution in [1.82, 2.24) is 4.90 Å². The molecule has 1 aliphatic rings. The van der Waals surface area contributed by atoms with Crippen LogP contribution in [0.2, 0.25) is 5.02 Å². The summed E-state index contributed by atoms with van der Waals surface area (Å²) in [5.74, 6) is -0.436. The lowest BCUT2D eigenvalue weighted by molar-refractivity contribution is -0.384. The molecule has 1 aliphatic heterocycles. The predicted octanol–water partition coefficient (Wildman–Crippen LogP) is 1.90. The van der Waals surface area contributed by atoms with E-state index in [1.807, 2.05) is 0 Å². The van der Waals surface area contributed by atoms with Gasteiger partial charge < -0.3 is 4.90 Å². The van der Waals surface area contributed by atoms with Gasteiger partial charge in [-0.1, -0.05) is 11.6 Å². The number of carbonyl (C=O) groups is 1. The number of rotatable bonds is 4. The van der Waals surface area contributed by atoms with E-state index in [1.54, 1.807) is 6.92 Å². The van der Waals surface area contributed by atoms with Crippen LogP contribution < -0.4 is 0 Å². The molecule has 0 bridgehead atoms. The lowest BCUT2D eigenvalue weighted by atomic mass is 10.1. The molecule has 1 amide bonds. The fraction of sp³-hybridized carbons (Fsp3) is 0.462. The molecule has 0 N–H and O–H groups in total. The highest BCUT2D eigenvalue weighted by molar-refractivity contribution is 7.91. The first-order valence-electron chi connectivity index (χ1n) is 6.70. The Labute approximate surface area is 132 Å². The Morgan fingerprint density at radius 2 is 2.18 bits per heavy atom. The minimum atomic E-state index is -3.12. The highest BCUT2D eigenvalue weighted by atomic mass is 35.5. The molecule has 120 valence electrons. The molecule has 0 spiro atoms. The van der Waals surface area contributed by atoms with Crippen molar-refractivity contribution in [3.8, 4) is 0 Å². The van der Waals surface area contributed by atoms with E-state index in [0.717, 1.165) is 6.07 Å². The van der Waals surface area contributed by atoms with E-state index < -0.39 is 26.7 Å². The van der Waals surface area contributed by atoms with Crippen molar-refractivity contribution in [1.29, 1.82) is 0 Å². The average Bonchev–Trinajstić information content (AvgIpc) is 2.79. The molecule has 1 aromatic carbocycles. The van der Waals surface area contributed by atoms with Crippen LogP contribution in [0.1, 0.15) is 23.7 Å². The zero-order chi connectivity index (χ0) is 16.5. The molecule has 0 radical (unpaired) electrons. The van der Waals surface area contributed by atoms with Gasteiger partial charge in [0.1, 0.15) is 5.02 Å². The smallest absolute Gasteiger partial charge is 0.288 e. The highest BCUT2D eigenvalue weighted by Gasteiger charge is 2.34. The van der Waals surface area contributed by atoms with Crippen LogP contribution in [0.3, 0.4) is 0 Å². The van der Waals surface area contributed by atoms with Gasteiger partial charge >= 0.3 is 0 Å². The molecular formula is C13H15ClN2O5S. The summed E-state index contributed by atoms with van der Waals surface area (Å²) in [7, 11) is -3.12. The van der Waals surface area contributed by atoms with Crippen molar-refractivity contribution >= 4 is 33.0 Å². The fourth-order valence-electron chi connectivity index (χ4n) is 2.54. The second-order valence-corrected chi connectivity index (χ2v) is 7.71. The first kappa shape index (κ1) is 16.7. The first-order chi connectivity index (χ1) is 10.2. The van der Waals surface area contributed by atoms with E-state index >= 15 is 0 Å². The van der Waals surface area contributed by atoms with Crippen LogP contribution in [0.4, 0.5) is 5.69 Å². The molecule has 1 atom stereocenters. The average molecular weight is 347 g/mol. The number of hydrogen-bond acceptors (Lipinski definition) is 5. The summed E-state index contributed by atoms with van der Waals surface area (Å²) < 4.78 is 23.1. The fourth-order valence-corrected chi connectivity index (χ4v) is 4.46. The monoisotopic (exact) mass is 346 g/mol. The van der Waals surface area contributed by atoms with Gasteiger partial charge in [0.15, 0.2) is 9.84 Å². The third-order valence-corrected chi connectivity index (χ3v) is 5.71. The van der Waals surface area contributed by atoms with Crippen LogP contribution in [0.15, 0.2) is 18.2 Å². The minimum Gasteiger partial charge on any atom is -0.335 e. The van der Waals surface area contributed by atoms with Gasteiger partial charge in [-0.05, 0) is 25.5 Å². The van der Waals surface area contributed by atoms with E-state index in [0.29, 0.717) is 13.0 Å². The maximum atomic E-state index is 12.5. The van der Waals surface area contributed by atoms with Crippen molar-refractivity contribution in [2.45, 2.75) is 19.4 Å². The Morgan fingerprint density at radius 3 is 2.68 bits per heavy atom. The quantitative estimate of drug-likeness (QED) is 0.612. The molecule has 1 aromatic rings. The van der Waals surface area contributed by atoms with E-state index in [1.165, 1.54) is 17.0 Å². The summed E-state index contributed by atoms with van der Waals surface area (Å²) in [5, 5.41) is 10.8. The number of nitro groups is 1. The standard InChI is InChI=1S/C13H15ClN2O5S/c1-2-15(10-5-6-22(20,21)8-10)13(17)9-3-4-11(14)12(7-9)16(18)19/h3-4,7,10H,2,5-6,8H2,1H3. The zero-order valence-corrected chi connectivity index (χ0v) is 13.4. The molecule has 7 nitrogen and oxygen atoms in total. The van der Waals surface area contributed by atoms with Gasteiger partial charge in [0.05, 0.1) is 16.4 Å². The zero-order valence-electron chi connectivity index (χ0n) is 11.9. The normalized spacial score (nSPS) is 19.8. The van der Waals surface area contributed by atoms with Crippen LogP contribution in [-0.2, 0) is 9.84 Å². The topological polar surface area (TPSA) is 97.6 Å². The minimum absolute atomic E-state index is 0.0481. The molecule has 1 fully saturated rings. The van der Waals surface area contributed by atoms with Gasteiger partial charge in [0, 0.05) is 24.2 Å². The molecule has 0 aromatic heterocycles. The van der Waals surface area contributed by atoms with Crippen LogP contribution >= 0.6 is 11.6 Å². The largest absolute Gasteiger partial charge is 0.335 e. The van der Waals surface area contributed by atoms with Crippen LogP contribution in [0.25, 0.3) is 0 Å². The Balaban J connectivity index is 2.29. The van der Waals surface area contributed by atoms with E-state index in [2.05, 4.69) is 0 Å². The maximum absolute atomic E-state index is 12.5. The van der Waals surface area contributed by atoms with E-state index in [-0.39, 0.29) is 27.8 Å². The molecule has 22 heavy (non-hydrogen) atoms. The van der Waals surface area contributed by atoms with Crippen molar-refractivity contribution in [3.63, 3.8) is 0 Å². The number of amides is 1. The van der Waals surface area contributed by atoms with Gasteiger partial charge in [-0.2, -0.15) is 0 Å². The second kappa shape index (κ2) is 6.21. The number of sulfone groups is 1. The number of hydrogen-bond donors (Lipinski definition) is 0. The van der Waals surface area contributed by atoms with Gasteiger partial charge in [0.25, 0.3) is 11.6 Å². The van der Waals surface area contributed by atoms with E-state index in [4.69, 9.17) is 11.6 Å². The molecule has 0 saturated carbocycles. The van der Waals surface area contributed by atoms with Crippen LogP contribution in [0, 0.1) is 10.1 Å². The Morgan fingerprint density at radius 1 is 1.50 bits per heavy atom. The number of carbonyl (C=O) groups excluding carboxylic acids is 1. The number of benzene rings is 1. The molecule has 2 rings (SSSR count). The van der Waals surface area contributed by atoms with Gasteiger partial charge in [-0.3, -0.25) is 14.9 Å². The maximum Gasteiger partial charge on any atom is 0.288 e. The van der Waals surface area contributed by atoms with Crippen molar-refractivity contribution < 1.29 is 18.1 Å². The second-order valence-electron chi connectivity index (χ2n) is 5.07. The van der Waals surface area contributed by atoms with Crippen molar-refractivity contribution in [2.75, 3.05) is 18.1 Å². The summed E-state index contributed by atoms with van der Waals surface area (Å²) in [6, 6.07) is 3.43. The summed E-state index contributed by atoms with van der Waals surface area (Å²) in [6.45, 7) is 2.07. The molecule has 1 unspecified atom stereocenters. The van der Waals surface area contributed by atoms with Gasteiger partial charge in [0.2, 0.25) is 0 Å². The number of nitro benzene ring substituents is 1. The Hall–Kier alpha value is -1.67.